The fraction of sp³-hybridized carbons (Fsp3) is 0.182. The second kappa shape index (κ2) is 3.26. The molecule has 0 saturated heterocycles. The Morgan fingerprint density at radius 2 is 2.12 bits per heavy atom. The smallest absolute Gasteiger partial charge is 0.359 e. The normalized spacial score (nSPS) is 13.8. The monoisotopic (exact) mass is 240 g/mol. The number of aromatic nitrogens is 1. The van der Waals surface area contributed by atoms with E-state index in [-0.39, 0.29) is 5.69 Å². The predicted molar refractivity (Wildman–Crippen MR) is 54.0 cm³/mol. The second-order valence-corrected chi connectivity index (χ2v) is 3.80. The zero-order valence-corrected chi connectivity index (χ0v) is 8.51. The van der Waals surface area contributed by atoms with E-state index in [1.807, 2.05) is 0 Å². The molecule has 3 rings (SSSR count). The van der Waals surface area contributed by atoms with Crippen LogP contribution in [0.1, 0.15) is 16.9 Å². The van der Waals surface area contributed by atoms with E-state index in [1.165, 1.54) is 12.3 Å². The minimum absolute atomic E-state index is 0.0932. The van der Waals surface area contributed by atoms with Gasteiger partial charge in [0.15, 0.2) is 5.76 Å². The first kappa shape index (κ1) is 10.2. The lowest BCUT2D eigenvalue weighted by Crippen LogP contribution is -2.13. The Kier molecular flexibility index (Phi) is 1.95. The highest BCUT2D eigenvalue weighted by molar-refractivity contribution is 5.72. The number of benzene rings is 1. The van der Waals surface area contributed by atoms with Gasteiger partial charge in [0.05, 0.1) is 17.4 Å². The molecule has 88 valence electrons. The van der Waals surface area contributed by atoms with E-state index in [4.69, 9.17) is 4.52 Å². The van der Waals surface area contributed by atoms with Gasteiger partial charge in [-0.25, -0.2) is 0 Å². The van der Waals surface area contributed by atoms with E-state index in [2.05, 4.69) is 10.5 Å². The van der Waals surface area contributed by atoms with Gasteiger partial charge in [0, 0.05) is 6.42 Å². The van der Waals surface area contributed by atoms with Crippen molar-refractivity contribution in [3.05, 3.63) is 41.3 Å². The first-order valence-electron chi connectivity index (χ1n) is 4.95. The molecule has 1 aromatic heterocycles. The molecule has 6 heteroatoms. The van der Waals surface area contributed by atoms with E-state index in [9.17, 15) is 13.2 Å². The van der Waals surface area contributed by atoms with Crippen molar-refractivity contribution in [3.8, 4) is 0 Å². The number of fused-ring (bicyclic) bond motifs is 2. The average molecular weight is 240 g/mol. The highest BCUT2D eigenvalue weighted by Crippen LogP contribution is 2.41. The summed E-state index contributed by atoms with van der Waals surface area (Å²) in [6.45, 7) is 0. The highest BCUT2D eigenvalue weighted by atomic mass is 19.4. The maximum Gasteiger partial charge on any atom is 0.418 e. The molecule has 1 aromatic carbocycles. The summed E-state index contributed by atoms with van der Waals surface area (Å²) < 4.78 is 43.3. The van der Waals surface area contributed by atoms with Gasteiger partial charge < -0.3 is 9.84 Å². The number of para-hydroxylation sites is 1. The highest BCUT2D eigenvalue weighted by Gasteiger charge is 2.36. The number of halogens is 3. The summed E-state index contributed by atoms with van der Waals surface area (Å²) in [7, 11) is 0. The lowest BCUT2D eigenvalue weighted by molar-refractivity contribution is -0.137. The van der Waals surface area contributed by atoms with Crippen molar-refractivity contribution < 1.29 is 17.7 Å². The molecule has 1 N–H and O–H groups in total. The summed E-state index contributed by atoms with van der Waals surface area (Å²) in [6, 6.07) is 4.10. The van der Waals surface area contributed by atoms with Crippen LogP contribution < -0.4 is 5.32 Å². The summed E-state index contributed by atoms with van der Waals surface area (Å²) in [5.74, 6) is 0.553. The van der Waals surface area contributed by atoms with Gasteiger partial charge in [-0.15, -0.1) is 0 Å². The van der Waals surface area contributed by atoms with E-state index in [0.717, 1.165) is 6.07 Å². The summed E-state index contributed by atoms with van der Waals surface area (Å²) in [6.07, 6.45) is -2.67. The number of rotatable bonds is 0. The summed E-state index contributed by atoms with van der Waals surface area (Å²) in [5.41, 5.74) is 0.482. The number of nitrogens with zero attached hydrogens (tertiary/aromatic N) is 1. The van der Waals surface area contributed by atoms with Crippen LogP contribution in [0.2, 0.25) is 0 Å². The summed E-state index contributed by atoms with van der Waals surface area (Å²) in [4.78, 5) is 0. The molecule has 0 spiro atoms. The van der Waals surface area contributed by atoms with Gasteiger partial charge in [-0.05, 0) is 11.6 Å². The van der Waals surface area contributed by atoms with Crippen molar-refractivity contribution in [1.82, 2.24) is 5.16 Å². The minimum Gasteiger partial charge on any atom is -0.359 e. The first-order chi connectivity index (χ1) is 8.05. The molecular weight excluding hydrogens is 233 g/mol. The molecule has 0 unspecified atom stereocenters. The Balaban J connectivity index is 2.14. The van der Waals surface area contributed by atoms with E-state index in [1.54, 1.807) is 6.07 Å². The van der Waals surface area contributed by atoms with Crippen LogP contribution in [0.3, 0.4) is 0 Å². The molecule has 1 aliphatic rings. The van der Waals surface area contributed by atoms with Crippen LogP contribution in [0.25, 0.3) is 0 Å². The van der Waals surface area contributed by atoms with E-state index in [0.29, 0.717) is 23.4 Å². The number of hydrogen-bond acceptors (Lipinski definition) is 3. The fourth-order valence-corrected chi connectivity index (χ4v) is 1.93. The topological polar surface area (TPSA) is 38.1 Å². The van der Waals surface area contributed by atoms with Crippen LogP contribution in [0.15, 0.2) is 28.9 Å². The third kappa shape index (κ3) is 1.56. The summed E-state index contributed by atoms with van der Waals surface area (Å²) >= 11 is 0. The Morgan fingerprint density at radius 1 is 1.29 bits per heavy atom. The zero-order chi connectivity index (χ0) is 12.0. The molecule has 0 saturated carbocycles. The molecule has 17 heavy (non-hydrogen) atoms. The van der Waals surface area contributed by atoms with Crippen LogP contribution >= 0.6 is 0 Å². The van der Waals surface area contributed by atoms with Gasteiger partial charge >= 0.3 is 6.18 Å². The maximum absolute atomic E-state index is 12.8. The van der Waals surface area contributed by atoms with Crippen LogP contribution in [-0.4, -0.2) is 5.16 Å². The number of anilines is 2. The third-order valence-corrected chi connectivity index (χ3v) is 2.71. The van der Waals surface area contributed by atoms with E-state index >= 15 is 0 Å². The maximum atomic E-state index is 12.8. The molecule has 0 amide bonds. The Morgan fingerprint density at radius 3 is 2.88 bits per heavy atom. The van der Waals surface area contributed by atoms with Crippen molar-refractivity contribution in [2.24, 2.45) is 0 Å². The van der Waals surface area contributed by atoms with Crippen molar-refractivity contribution >= 4 is 11.4 Å². The van der Waals surface area contributed by atoms with Crippen LogP contribution in [0, 0.1) is 0 Å². The molecular formula is C11H7F3N2O. The molecule has 0 fully saturated rings. The van der Waals surface area contributed by atoms with Crippen molar-refractivity contribution in [2.75, 3.05) is 5.32 Å². The molecule has 0 radical (unpaired) electrons. The van der Waals surface area contributed by atoms with E-state index < -0.39 is 11.7 Å². The number of nitrogens with one attached hydrogen (secondary N) is 1. The quantitative estimate of drug-likeness (QED) is 0.654. The van der Waals surface area contributed by atoms with Crippen molar-refractivity contribution in [1.29, 1.82) is 0 Å². The molecule has 3 nitrogen and oxygen atoms in total. The molecule has 2 aromatic rings. The minimum atomic E-state index is -4.37. The molecule has 0 bridgehead atoms. The van der Waals surface area contributed by atoms with Crippen LogP contribution in [0.4, 0.5) is 24.5 Å². The standard InChI is InChI=1S/C11H7F3N2O/c12-11(13,14)7-3-1-2-6-4-9-8(5-15-17-9)16-10(6)7/h1-3,5,16H,4H2. The molecule has 0 aliphatic carbocycles. The largest absolute Gasteiger partial charge is 0.418 e. The van der Waals surface area contributed by atoms with Crippen LogP contribution in [0.5, 0.6) is 0 Å². The predicted octanol–water partition coefficient (Wildman–Crippen LogP) is 3.34. The van der Waals surface area contributed by atoms with Gasteiger partial charge in [-0.3, -0.25) is 0 Å². The SMILES string of the molecule is FC(F)(F)c1cccc2c1Nc1cnoc1C2. The number of alkyl halides is 3. The summed E-state index contributed by atoms with van der Waals surface area (Å²) in [5, 5.41) is 6.28. The lowest BCUT2D eigenvalue weighted by Gasteiger charge is -2.21. The average Bonchev–Trinajstić information content (AvgIpc) is 2.70. The van der Waals surface area contributed by atoms with Gasteiger partial charge in [0.25, 0.3) is 0 Å². The molecule has 2 heterocycles. The number of hydrogen-bond donors (Lipinski definition) is 1. The Hall–Kier alpha value is -1.98. The fourth-order valence-electron chi connectivity index (χ4n) is 1.93. The van der Waals surface area contributed by atoms with Gasteiger partial charge in [-0.1, -0.05) is 17.3 Å². The Labute approximate surface area is 94.2 Å². The molecule has 1 aliphatic heterocycles. The van der Waals surface area contributed by atoms with Gasteiger partial charge in [0.1, 0.15) is 5.69 Å². The first-order valence-corrected chi connectivity index (χ1v) is 4.95. The van der Waals surface area contributed by atoms with Gasteiger partial charge in [0.2, 0.25) is 0 Å². The zero-order valence-electron chi connectivity index (χ0n) is 8.51. The van der Waals surface area contributed by atoms with Gasteiger partial charge in [-0.2, -0.15) is 13.2 Å². The molecule has 0 atom stereocenters. The van der Waals surface area contributed by atoms with Crippen molar-refractivity contribution in [3.63, 3.8) is 0 Å². The Bertz CT molecular complexity index is 574. The second-order valence-electron chi connectivity index (χ2n) is 3.80. The van der Waals surface area contributed by atoms with Crippen molar-refractivity contribution in [2.45, 2.75) is 12.6 Å². The lowest BCUT2D eigenvalue weighted by atomic mass is 9.99. The third-order valence-electron chi connectivity index (χ3n) is 2.71. The van der Waals surface area contributed by atoms with Crippen LogP contribution in [-0.2, 0) is 12.6 Å².